The largest absolute Gasteiger partial charge is 0.464 e. The van der Waals surface area contributed by atoms with Gasteiger partial charge in [0.25, 0.3) is 5.91 Å². The summed E-state index contributed by atoms with van der Waals surface area (Å²) in [6.07, 6.45) is 1.70. The van der Waals surface area contributed by atoms with Crippen molar-refractivity contribution >= 4 is 29.6 Å². The summed E-state index contributed by atoms with van der Waals surface area (Å²) in [5.41, 5.74) is 0.827. The first-order chi connectivity index (χ1) is 11.1. The van der Waals surface area contributed by atoms with Crippen LogP contribution in [0.1, 0.15) is 44.1 Å². The first-order valence-corrected chi connectivity index (χ1v) is 7.73. The van der Waals surface area contributed by atoms with Crippen LogP contribution < -0.4 is 10.7 Å². The highest BCUT2D eigenvalue weighted by molar-refractivity contribution is 6.33. The predicted octanol–water partition coefficient (Wildman–Crippen LogP) is 2.06. The maximum atomic E-state index is 12.5. The van der Waals surface area contributed by atoms with Crippen LogP contribution in [0.5, 0.6) is 0 Å². The number of nitrogens with zero attached hydrogens (tertiary/aromatic N) is 1. The number of hydrogen-bond donors (Lipinski definition) is 2. The molecule has 24 heavy (non-hydrogen) atoms. The fourth-order valence-electron chi connectivity index (χ4n) is 2.04. The Hall–Kier alpha value is -2.22. The number of hydrogen-bond acceptors (Lipinski definition) is 5. The third kappa shape index (κ3) is 4.00. The quantitative estimate of drug-likeness (QED) is 0.803. The van der Waals surface area contributed by atoms with Crippen LogP contribution in [0.3, 0.4) is 0 Å². The van der Waals surface area contributed by atoms with E-state index in [-0.39, 0.29) is 10.7 Å². The van der Waals surface area contributed by atoms with Crippen LogP contribution in [-0.2, 0) is 14.3 Å². The molecule has 0 atom stereocenters. The highest BCUT2D eigenvalue weighted by Gasteiger charge is 2.52. The molecule has 2 rings (SSSR count). The Labute approximate surface area is 144 Å². The van der Waals surface area contributed by atoms with Crippen molar-refractivity contribution in [2.45, 2.75) is 44.8 Å². The molecule has 0 aromatic carbocycles. The molecule has 1 aromatic heterocycles. The number of halogens is 1. The van der Waals surface area contributed by atoms with Gasteiger partial charge in [-0.1, -0.05) is 11.6 Å². The average Bonchev–Trinajstić information content (AvgIpc) is 3.14. The van der Waals surface area contributed by atoms with Crippen molar-refractivity contribution < 1.29 is 23.9 Å². The SMILES string of the molecule is COC(=O)c1c(Cl)ccn1NC(=O)C1(NC(=O)OC(C)(C)C)CC1. The molecule has 1 fully saturated rings. The van der Waals surface area contributed by atoms with E-state index in [2.05, 4.69) is 15.5 Å². The molecule has 132 valence electrons. The van der Waals surface area contributed by atoms with E-state index in [1.54, 1.807) is 20.8 Å². The van der Waals surface area contributed by atoms with Crippen molar-refractivity contribution in [2.24, 2.45) is 0 Å². The summed E-state index contributed by atoms with van der Waals surface area (Å²) in [6.45, 7) is 5.20. The number of methoxy groups -OCH3 is 1. The maximum Gasteiger partial charge on any atom is 0.408 e. The van der Waals surface area contributed by atoms with Gasteiger partial charge in [0.15, 0.2) is 5.69 Å². The van der Waals surface area contributed by atoms with E-state index in [0.717, 1.165) is 0 Å². The molecule has 2 amide bonds. The Morgan fingerprint density at radius 2 is 1.92 bits per heavy atom. The van der Waals surface area contributed by atoms with Gasteiger partial charge in [-0.25, -0.2) is 9.59 Å². The topological polar surface area (TPSA) is 98.7 Å². The lowest BCUT2D eigenvalue weighted by molar-refractivity contribution is -0.120. The third-order valence-corrected chi connectivity index (χ3v) is 3.67. The number of carbonyl (C=O) groups excluding carboxylic acids is 3. The minimum absolute atomic E-state index is 0.000541. The van der Waals surface area contributed by atoms with Crippen LogP contribution in [0.25, 0.3) is 0 Å². The molecule has 1 heterocycles. The summed E-state index contributed by atoms with van der Waals surface area (Å²) in [6, 6.07) is 1.45. The highest BCUT2D eigenvalue weighted by Crippen LogP contribution is 2.36. The Balaban J connectivity index is 2.08. The molecule has 1 aliphatic rings. The summed E-state index contributed by atoms with van der Waals surface area (Å²) in [4.78, 5) is 36.1. The average molecular weight is 358 g/mol. The normalized spacial score (nSPS) is 15.4. The maximum absolute atomic E-state index is 12.5. The van der Waals surface area contributed by atoms with Gasteiger partial charge in [0.2, 0.25) is 0 Å². The van der Waals surface area contributed by atoms with Gasteiger partial charge in [0.05, 0.1) is 12.1 Å². The van der Waals surface area contributed by atoms with E-state index in [1.807, 2.05) is 0 Å². The van der Waals surface area contributed by atoms with Gasteiger partial charge >= 0.3 is 12.1 Å². The van der Waals surface area contributed by atoms with Gasteiger partial charge in [-0.2, -0.15) is 0 Å². The lowest BCUT2D eigenvalue weighted by Gasteiger charge is -2.23. The summed E-state index contributed by atoms with van der Waals surface area (Å²) in [7, 11) is 1.21. The van der Waals surface area contributed by atoms with Gasteiger partial charge in [-0.15, -0.1) is 0 Å². The predicted molar refractivity (Wildman–Crippen MR) is 86.5 cm³/mol. The molecule has 0 spiro atoms. The minimum Gasteiger partial charge on any atom is -0.464 e. The molecule has 0 bridgehead atoms. The summed E-state index contributed by atoms with van der Waals surface area (Å²) < 4.78 is 11.0. The first kappa shape index (κ1) is 18.1. The third-order valence-electron chi connectivity index (χ3n) is 3.36. The fourth-order valence-corrected chi connectivity index (χ4v) is 2.27. The molecule has 2 N–H and O–H groups in total. The second-order valence-electron chi connectivity index (χ2n) is 6.52. The van der Waals surface area contributed by atoms with E-state index in [0.29, 0.717) is 12.8 Å². The van der Waals surface area contributed by atoms with Crippen LogP contribution in [0.2, 0.25) is 5.02 Å². The van der Waals surface area contributed by atoms with E-state index >= 15 is 0 Å². The number of amides is 2. The Kier molecular flexibility index (Phi) is 4.80. The van der Waals surface area contributed by atoms with Crippen LogP contribution in [0.4, 0.5) is 4.79 Å². The number of alkyl carbamates (subject to hydrolysis) is 1. The molecule has 9 heteroatoms. The molecule has 0 unspecified atom stereocenters. The van der Waals surface area contributed by atoms with Crippen molar-refractivity contribution in [3.63, 3.8) is 0 Å². The van der Waals surface area contributed by atoms with Crippen molar-refractivity contribution in [2.75, 3.05) is 12.5 Å². The Bertz CT molecular complexity index is 673. The smallest absolute Gasteiger partial charge is 0.408 e. The van der Waals surface area contributed by atoms with E-state index in [1.165, 1.54) is 24.0 Å². The van der Waals surface area contributed by atoms with Crippen LogP contribution >= 0.6 is 11.6 Å². The zero-order chi connectivity index (χ0) is 18.1. The molecule has 8 nitrogen and oxygen atoms in total. The minimum atomic E-state index is -1.05. The summed E-state index contributed by atoms with van der Waals surface area (Å²) in [5.74, 6) is -1.15. The second kappa shape index (κ2) is 6.35. The zero-order valence-corrected chi connectivity index (χ0v) is 14.7. The number of aromatic nitrogens is 1. The molecular weight excluding hydrogens is 338 g/mol. The molecule has 1 aromatic rings. The van der Waals surface area contributed by atoms with Crippen LogP contribution in [0.15, 0.2) is 12.3 Å². The van der Waals surface area contributed by atoms with Crippen molar-refractivity contribution in [1.82, 2.24) is 9.99 Å². The Morgan fingerprint density at radius 3 is 2.42 bits per heavy atom. The lowest BCUT2D eigenvalue weighted by Crippen LogP contribution is -2.49. The first-order valence-electron chi connectivity index (χ1n) is 7.36. The standard InChI is InChI=1S/C15H20ClN3O5/c1-14(2,3)24-13(22)17-15(6-7-15)12(21)18-19-8-5-9(16)10(19)11(20)23-4/h5,8H,6-7H2,1-4H3,(H,17,22)(H,18,21). The number of rotatable bonds is 4. The molecule has 0 saturated heterocycles. The number of esters is 1. The number of carbonyl (C=O) groups is 3. The van der Waals surface area contributed by atoms with Gasteiger partial charge in [-0.05, 0) is 39.7 Å². The van der Waals surface area contributed by atoms with Gasteiger partial charge in [0.1, 0.15) is 11.1 Å². The highest BCUT2D eigenvalue weighted by atomic mass is 35.5. The zero-order valence-electron chi connectivity index (χ0n) is 13.9. The lowest BCUT2D eigenvalue weighted by atomic mass is 10.2. The molecular formula is C15H20ClN3O5. The van der Waals surface area contributed by atoms with Crippen molar-refractivity contribution in [3.05, 3.63) is 23.0 Å². The number of nitrogens with one attached hydrogen (secondary N) is 2. The molecule has 1 aliphatic carbocycles. The van der Waals surface area contributed by atoms with Gasteiger partial charge < -0.3 is 14.8 Å². The van der Waals surface area contributed by atoms with Crippen molar-refractivity contribution in [1.29, 1.82) is 0 Å². The second-order valence-corrected chi connectivity index (χ2v) is 6.93. The summed E-state index contributed by atoms with van der Waals surface area (Å²) in [5, 5.41) is 2.72. The van der Waals surface area contributed by atoms with Crippen molar-refractivity contribution in [3.8, 4) is 0 Å². The Morgan fingerprint density at radius 1 is 1.29 bits per heavy atom. The van der Waals surface area contributed by atoms with Crippen LogP contribution in [-0.4, -0.2) is 40.9 Å². The van der Waals surface area contributed by atoms with Gasteiger partial charge in [-0.3, -0.25) is 14.9 Å². The fraction of sp³-hybridized carbons (Fsp3) is 0.533. The summed E-state index contributed by atoms with van der Waals surface area (Å²) >= 11 is 5.93. The van der Waals surface area contributed by atoms with Crippen LogP contribution in [0, 0.1) is 0 Å². The van der Waals surface area contributed by atoms with E-state index in [4.69, 9.17) is 16.3 Å². The molecule has 1 saturated carbocycles. The monoisotopic (exact) mass is 357 g/mol. The van der Waals surface area contributed by atoms with Gasteiger partial charge in [0, 0.05) is 6.20 Å². The molecule has 0 aliphatic heterocycles. The molecule has 0 radical (unpaired) electrons. The van der Waals surface area contributed by atoms with E-state index in [9.17, 15) is 14.4 Å². The number of ether oxygens (including phenoxy) is 2. The van der Waals surface area contributed by atoms with E-state index < -0.39 is 29.1 Å².